The standard InChI is InChI=1S/C35H35F2N5O2/c1-33(25-16-26(36)18-27(37)17-25)22-41(2)35(11-5-3-4-6-12-35)32(44)42(33)14-8-9-23-15-24-19-34(20-29(24)39-21-23)28-10-7-13-38-30(28)40-31(34)43/h3,5,7-10,13,15-18,21H,4,6,11-12,14,19-20,22H2,1-2H3,(H,38,40,43)/b9-8+/t33-,34-,35?/m0/s1. The number of hydrogen-bond acceptors (Lipinski definition) is 5. The molecule has 4 aliphatic rings. The molecule has 226 valence electrons. The number of halogens is 2. The minimum Gasteiger partial charge on any atom is -0.327 e. The van der Waals surface area contributed by atoms with Gasteiger partial charge in [-0.3, -0.25) is 19.5 Å². The Morgan fingerprint density at radius 1 is 1.07 bits per heavy atom. The Balaban J connectivity index is 1.19. The number of amides is 2. The molecule has 1 fully saturated rings. The number of piperazine rings is 1. The molecule has 2 amide bonds. The van der Waals surface area contributed by atoms with E-state index in [4.69, 9.17) is 4.98 Å². The number of allylic oxidation sites excluding steroid dienone is 1. The number of likely N-dealkylation sites (N-methyl/N-ethyl adjacent to an activating group) is 1. The topological polar surface area (TPSA) is 78.4 Å². The Kier molecular flexibility index (Phi) is 6.77. The summed E-state index contributed by atoms with van der Waals surface area (Å²) >= 11 is 0. The molecule has 1 aromatic carbocycles. The van der Waals surface area contributed by atoms with Crippen LogP contribution in [0.1, 0.15) is 60.6 Å². The van der Waals surface area contributed by atoms with E-state index in [1.807, 2.05) is 38.3 Å². The SMILES string of the molecule is CN1C[C@@](C)(c2cc(F)cc(F)c2)N(C/C=C/c2cnc3c(c2)C[C@@]2(C3)C(=O)Nc3ncccc32)C(=O)C12CC=CCCC2. The van der Waals surface area contributed by atoms with Gasteiger partial charge in [0.1, 0.15) is 23.0 Å². The zero-order chi connectivity index (χ0) is 30.7. The summed E-state index contributed by atoms with van der Waals surface area (Å²) in [5.41, 5.74) is 1.74. The molecule has 2 spiro atoms. The number of carbonyl (C=O) groups excluding carboxylic acids is 2. The van der Waals surface area contributed by atoms with E-state index in [1.54, 1.807) is 17.3 Å². The predicted octanol–water partition coefficient (Wildman–Crippen LogP) is 5.32. The molecule has 2 aromatic heterocycles. The third-order valence-corrected chi connectivity index (χ3v) is 10.2. The lowest BCUT2D eigenvalue weighted by Crippen LogP contribution is -2.70. The first kappa shape index (κ1) is 28.5. The molecule has 1 N–H and O–H groups in total. The summed E-state index contributed by atoms with van der Waals surface area (Å²) in [5.74, 6) is -0.805. The maximum Gasteiger partial charge on any atom is 0.244 e. The van der Waals surface area contributed by atoms with Gasteiger partial charge in [0.15, 0.2) is 0 Å². The molecular formula is C35H35F2N5O2. The van der Waals surface area contributed by atoms with Gasteiger partial charge in [-0.25, -0.2) is 13.8 Å². The molecule has 3 atom stereocenters. The van der Waals surface area contributed by atoms with Crippen LogP contribution in [0.3, 0.4) is 0 Å². The number of aromatic nitrogens is 2. The van der Waals surface area contributed by atoms with Crippen molar-refractivity contribution >= 4 is 23.7 Å². The van der Waals surface area contributed by atoms with Gasteiger partial charge in [-0.15, -0.1) is 0 Å². The summed E-state index contributed by atoms with van der Waals surface area (Å²) in [6, 6.07) is 9.39. The van der Waals surface area contributed by atoms with Gasteiger partial charge in [-0.1, -0.05) is 30.4 Å². The lowest BCUT2D eigenvalue weighted by Gasteiger charge is -2.56. The van der Waals surface area contributed by atoms with Crippen LogP contribution >= 0.6 is 0 Å². The van der Waals surface area contributed by atoms with E-state index < -0.39 is 28.1 Å². The van der Waals surface area contributed by atoms with E-state index in [2.05, 4.69) is 33.4 Å². The van der Waals surface area contributed by atoms with Crippen LogP contribution in [0, 0.1) is 11.6 Å². The van der Waals surface area contributed by atoms with E-state index in [0.717, 1.165) is 41.3 Å². The fourth-order valence-electron chi connectivity index (χ4n) is 7.80. The minimum atomic E-state index is -0.958. The van der Waals surface area contributed by atoms with Crippen LogP contribution in [-0.2, 0) is 33.4 Å². The Hall–Kier alpha value is -4.24. The molecule has 2 aliphatic carbocycles. The second-order valence-electron chi connectivity index (χ2n) is 12.9. The van der Waals surface area contributed by atoms with Crippen LogP contribution < -0.4 is 5.32 Å². The molecule has 44 heavy (non-hydrogen) atoms. The number of fused-ring (bicyclic) bond motifs is 3. The molecule has 1 unspecified atom stereocenters. The van der Waals surface area contributed by atoms with Gasteiger partial charge in [0.2, 0.25) is 11.8 Å². The maximum absolute atomic E-state index is 14.5. The lowest BCUT2D eigenvalue weighted by atomic mass is 9.77. The smallest absolute Gasteiger partial charge is 0.244 e. The van der Waals surface area contributed by atoms with Crippen molar-refractivity contribution in [2.24, 2.45) is 0 Å². The Morgan fingerprint density at radius 2 is 1.89 bits per heavy atom. The highest BCUT2D eigenvalue weighted by Gasteiger charge is 2.55. The van der Waals surface area contributed by atoms with E-state index in [-0.39, 0.29) is 18.4 Å². The van der Waals surface area contributed by atoms with Gasteiger partial charge < -0.3 is 10.2 Å². The second kappa shape index (κ2) is 10.4. The molecule has 3 aromatic rings. The molecule has 7 rings (SSSR count). The largest absolute Gasteiger partial charge is 0.327 e. The van der Waals surface area contributed by atoms with Crippen LogP contribution in [0.5, 0.6) is 0 Å². The average molecular weight is 596 g/mol. The summed E-state index contributed by atoms with van der Waals surface area (Å²) in [4.78, 5) is 40.5. The molecule has 0 radical (unpaired) electrons. The second-order valence-corrected chi connectivity index (χ2v) is 12.9. The number of nitrogens with zero attached hydrogens (tertiary/aromatic N) is 4. The van der Waals surface area contributed by atoms with Crippen molar-refractivity contribution in [2.75, 3.05) is 25.5 Å². The van der Waals surface area contributed by atoms with Crippen LogP contribution in [-0.4, -0.2) is 57.3 Å². The highest BCUT2D eigenvalue weighted by atomic mass is 19.1. The quantitative estimate of drug-likeness (QED) is 0.414. The molecule has 2 aliphatic heterocycles. The number of nitrogens with one attached hydrogen (secondary N) is 1. The Morgan fingerprint density at radius 3 is 2.70 bits per heavy atom. The fraction of sp³-hybridized carbons (Fsp3) is 0.371. The van der Waals surface area contributed by atoms with Gasteiger partial charge in [0, 0.05) is 49.2 Å². The number of hydrogen-bond donors (Lipinski definition) is 1. The van der Waals surface area contributed by atoms with E-state index in [1.165, 1.54) is 12.1 Å². The van der Waals surface area contributed by atoms with Crippen molar-refractivity contribution < 1.29 is 18.4 Å². The maximum atomic E-state index is 14.5. The average Bonchev–Trinajstić information content (AvgIpc) is 3.37. The number of rotatable bonds is 4. The van der Waals surface area contributed by atoms with Crippen molar-refractivity contribution in [1.29, 1.82) is 0 Å². The van der Waals surface area contributed by atoms with Crippen molar-refractivity contribution in [3.8, 4) is 0 Å². The minimum absolute atomic E-state index is 0.0387. The first-order valence-corrected chi connectivity index (χ1v) is 15.2. The van der Waals surface area contributed by atoms with Gasteiger partial charge in [0.25, 0.3) is 0 Å². The first-order valence-electron chi connectivity index (χ1n) is 15.2. The third-order valence-electron chi connectivity index (χ3n) is 10.2. The Labute approximate surface area is 255 Å². The number of benzene rings is 1. The summed E-state index contributed by atoms with van der Waals surface area (Å²) in [5, 5.41) is 2.93. The van der Waals surface area contributed by atoms with Crippen LogP contribution in [0.25, 0.3) is 6.08 Å². The first-order chi connectivity index (χ1) is 21.1. The molecular weight excluding hydrogens is 560 g/mol. The van der Waals surface area contributed by atoms with E-state index in [9.17, 15) is 18.4 Å². The zero-order valence-electron chi connectivity index (χ0n) is 24.9. The number of pyridine rings is 2. The van der Waals surface area contributed by atoms with Crippen molar-refractivity contribution in [2.45, 2.75) is 61.9 Å². The van der Waals surface area contributed by atoms with Gasteiger partial charge in [-0.2, -0.15) is 0 Å². The van der Waals surface area contributed by atoms with Crippen LogP contribution in [0.4, 0.5) is 14.6 Å². The highest BCUT2D eigenvalue weighted by molar-refractivity contribution is 6.06. The third kappa shape index (κ3) is 4.39. The summed E-state index contributed by atoms with van der Waals surface area (Å²) in [7, 11) is 1.94. The van der Waals surface area contributed by atoms with Crippen molar-refractivity contribution in [3.63, 3.8) is 0 Å². The summed E-state index contributed by atoms with van der Waals surface area (Å²) in [6.07, 6.45) is 15.7. The highest BCUT2D eigenvalue weighted by Crippen LogP contribution is 2.46. The molecule has 0 bridgehead atoms. The number of carbonyl (C=O) groups is 2. The normalized spacial score (nSPS) is 28.1. The van der Waals surface area contributed by atoms with Gasteiger partial charge in [-0.05, 0) is 87.0 Å². The lowest BCUT2D eigenvalue weighted by molar-refractivity contribution is -0.163. The molecule has 9 heteroatoms. The van der Waals surface area contributed by atoms with Crippen LogP contribution in [0.15, 0.2) is 67.0 Å². The summed E-state index contributed by atoms with van der Waals surface area (Å²) < 4.78 is 28.9. The van der Waals surface area contributed by atoms with Crippen LogP contribution in [0.2, 0.25) is 0 Å². The van der Waals surface area contributed by atoms with Gasteiger partial charge >= 0.3 is 0 Å². The zero-order valence-corrected chi connectivity index (χ0v) is 24.9. The molecule has 0 saturated carbocycles. The Bertz CT molecular complexity index is 1720. The molecule has 7 nitrogen and oxygen atoms in total. The molecule has 1 saturated heterocycles. The molecule has 4 heterocycles. The summed E-state index contributed by atoms with van der Waals surface area (Å²) in [6.45, 7) is 2.58. The predicted molar refractivity (Wildman–Crippen MR) is 164 cm³/mol. The fourth-order valence-corrected chi connectivity index (χ4v) is 7.80. The van der Waals surface area contributed by atoms with Crippen molar-refractivity contribution in [3.05, 3.63) is 107 Å². The number of anilines is 1. The van der Waals surface area contributed by atoms with Gasteiger partial charge in [0.05, 0.1) is 11.0 Å². The van der Waals surface area contributed by atoms with E-state index in [0.29, 0.717) is 43.6 Å². The van der Waals surface area contributed by atoms with E-state index >= 15 is 0 Å². The van der Waals surface area contributed by atoms with Crippen molar-refractivity contribution in [1.82, 2.24) is 19.8 Å². The monoisotopic (exact) mass is 595 g/mol.